The molecular weight excluding hydrogens is 768 g/mol. The molecule has 0 bridgehead atoms. The Hall–Kier alpha value is -1.54. The van der Waals surface area contributed by atoms with Gasteiger partial charge in [0.2, 0.25) is 5.91 Å². The van der Waals surface area contributed by atoms with E-state index in [2.05, 4.69) is 55.6 Å². The van der Waals surface area contributed by atoms with Gasteiger partial charge in [0.15, 0.2) is 0 Å². The number of aliphatic hydroxyl groups excluding tert-OH is 1. The molecule has 0 fully saturated rings. The maximum Gasteiger partial charge on any atom is 0.268 e. The molecule has 0 spiro atoms. The second-order valence-electron chi connectivity index (χ2n) is 18.1. The molecule has 0 heterocycles. The van der Waals surface area contributed by atoms with Gasteiger partial charge in [-0.1, -0.05) is 210 Å². The fourth-order valence-corrected chi connectivity index (χ4v) is 7.83. The summed E-state index contributed by atoms with van der Waals surface area (Å²) in [6.45, 7) is 4.53. The zero-order valence-corrected chi connectivity index (χ0v) is 40.8. The Balaban J connectivity index is 4.31. The van der Waals surface area contributed by atoms with Crippen molar-refractivity contribution in [2.75, 3.05) is 40.9 Å². The summed E-state index contributed by atoms with van der Waals surface area (Å²) in [6, 6.07) is -0.896. The van der Waals surface area contributed by atoms with Crippen LogP contribution in [0.2, 0.25) is 0 Å². The van der Waals surface area contributed by atoms with Gasteiger partial charge in [0.25, 0.3) is 7.82 Å². The number of carbonyl (C=O) groups excluding carboxylic acids is 1. The third-order valence-electron chi connectivity index (χ3n) is 11.0. The number of aliphatic hydroxyl groups is 1. The summed E-state index contributed by atoms with van der Waals surface area (Å²) in [5.74, 6) is -0.215. The van der Waals surface area contributed by atoms with Crippen molar-refractivity contribution in [3.8, 4) is 0 Å². The number of nitrogens with one attached hydrogen (secondary N) is 1. The quantitative estimate of drug-likeness (QED) is 0.0273. The van der Waals surface area contributed by atoms with Gasteiger partial charge in [-0.15, -0.1) is 0 Å². The Morgan fingerprint density at radius 2 is 1.02 bits per heavy atom. The van der Waals surface area contributed by atoms with Gasteiger partial charge in [0.1, 0.15) is 13.2 Å². The van der Waals surface area contributed by atoms with Crippen LogP contribution in [-0.2, 0) is 18.4 Å². The number of quaternary nitrogens is 1. The van der Waals surface area contributed by atoms with Crippen molar-refractivity contribution < 1.29 is 32.9 Å². The number of hydrogen-bond acceptors (Lipinski definition) is 6. The molecule has 0 aromatic carbocycles. The second kappa shape index (κ2) is 42.7. The predicted octanol–water partition coefficient (Wildman–Crippen LogP) is 13.8. The van der Waals surface area contributed by atoms with Crippen LogP contribution in [-0.4, -0.2) is 68.5 Å². The van der Waals surface area contributed by atoms with E-state index < -0.39 is 20.0 Å². The minimum absolute atomic E-state index is 0.00585. The third kappa shape index (κ3) is 44.5. The molecule has 3 unspecified atom stereocenters. The molecule has 8 nitrogen and oxygen atoms in total. The van der Waals surface area contributed by atoms with Crippen LogP contribution in [0.1, 0.15) is 219 Å². The van der Waals surface area contributed by atoms with Crippen LogP contribution in [0.15, 0.2) is 48.6 Å². The lowest BCUT2D eigenvalue weighted by Crippen LogP contribution is -2.45. The Bertz CT molecular complexity index is 1120. The first kappa shape index (κ1) is 58.5. The highest BCUT2D eigenvalue weighted by Gasteiger charge is 2.23. The molecule has 0 aliphatic carbocycles. The summed E-state index contributed by atoms with van der Waals surface area (Å²) in [5.41, 5.74) is 0. The molecule has 0 saturated carbocycles. The van der Waals surface area contributed by atoms with E-state index in [-0.39, 0.29) is 19.1 Å². The van der Waals surface area contributed by atoms with Crippen LogP contribution in [0.25, 0.3) is 0 Å². The van der Waals surface area contributed by atoms with Crippen LogP contribution < -0.4 is 10.2 Å². The second-order valence-corrected chi connectivity index (χ2v) is 19.6. The fraction of sp³-hybridized carbons (Fsp3) is 0.824. The van der Waals surface area contributed by atoms with Crippen molar-refractivity contribution in [3.05, 3.63) is 48.6 Å². The van der Waals surface area contributed by atoms with Crippen LogP contribution >= 0.6 is 7.82 Å². The topological polar surface area (TPSA) is 108 Å². The molecule has 3 atom stereocenters. The van der Waals surface area contributed by atoms with E-state index >= 15 is 0 Å². The Morgan fingerprint density at radius 1 is 0.600 bits per heavy atom. The van der Waals surface area contributed by atoms with Gasteiger partial charge in [0, 0.05) is 6.42 Å². The normalized spacial score (nSPS) is 14.6. The predicted molar refractivity (Wildman–Crippen MR) is 256 cm³/mol. The molecule has 60 heavy (non-hydrogen) atoms. The number of carbonyl (C=O) groups is 1. The zero-order chi connectivity index (χ0) is 44.3. The number of phosphoric ester groups is 1. The highest BCUT2D eigenvalue weighted by molar-refractivity contribution is 7.45. The molecule has 0 aliphatic rings. The number of amides is 1. The van der Waals surface area contributed by atoms with Gasteiger partial charge in [-0.05, 0) is 51.4 Å². The van der Waals surface area contributed by atoms with Crippen LogP contribution in [0.5, 0.6) is 0 Å². The summed E-state index contributed by atoms with van der Waals surface area (Å²) in [6.07, 6.45) is 54.6. The van der Waals surface area contributed by atoms with E-state index in [4.69, 9.17) is 9.05 Å². The van der Waals surface area contributed by atoms with Crippen molar-refractivity contribution >= 4 is 13.7 Å². The van der Waals surface area contributed by atoms with Gasteiger partial charge in [-0.25, -0.2) is 0 Å². The maximum atomic E-state index is 12.9. The highest BCUT2D eigenvalue weighted by atomic mass is 31.2. The first-order valence-electron chi connectivity index (χ1n) is 25.0. The van der Waals surface area contributed by atoms with E-state index in [1.165, 1.54) is 122 Å². The van der Waals surface area contributed by atoms with Crippen LogP contribution in [0.3, 0.4) is 0 Å². The number of phosphoric acid groups is 1. The van der Waals surface area contributed by atoms with Crippen LogP contribution in [0, 0.1) is 0 Å². The summed E-state index contributed by atoms with van der Waals surface area (Å²) < 4.78 is 23.2. The Labute approximate surface area is 371 Å². The molecular formula is C51H97N2O6P. The largest absolute Gasteiger partial charge is 0.756 e. The number of hydrogen-bond donors (Lipinski definition) is 2. The third-order valence-corrected chi connectivity index (χ3v) is 12.0. The molecule has 0 aromatic rings. The number of unbranched alkanes of at least 4 members (excludes halogenated alkanes) is 26. The minimum atomic E-state index is -4.60. The minimum Gasteiger partial charge on any atom is -0.756 e. The molecule has 352 valence electrons. The van der Waals surface area contributed by atoms with E-state index in [0.29, 0.717) is 17.4 Å². The summed E-state index contributed by atoms with van der Waals surface area (Å²) in [7, 11) is 1.25. The average Bonchev–Trinajstić information content (AvgIpc) is 3.20. The summed E-state index contributed by atoms with van der Waals surface area (Å²) in [4.78, 5) is 25.4. The van der Waals surface area contributed by atoms with Gasteiger partial charge >= 0.3 is 0 Å². The maximum absolute atomic E-state index is 12.9. The van der Waals surface area contributed by atoms with Crippen molar-refractivity contribution in [2.24, 2.45) is 0 Å². The zero-order valence-electron chi connectivity index (χ0n) is 39.9. The van der Waals surface area contributed by atoms with Crippen molar-refractivity contribution in [1.82, 2.24) is 5.32 Å². The number of rotatable bonds is 45. The molecule has 2 N–H and O–H groups in total. The van der Waals surface area contributed by atoms with Crippen molar-refractivity contribution in [1.29, 1.82) is 0 Å². The highest BCUT2D eigenvalue weighted by Crippen LogP contribution is 2.38. The lowest BCUT2D eigenvalue weighted by Gasteiger charge is -2.29. The number of nitrogens with zero attached hydrogens (tertiary/aromatic N) is 1. The standard InChI is InChI=1S/C51H97N2O6P/c1-6-8-10-12-14-16-18-20-22-23-24-25-26-27-28-29-31-32-34-36-38-40-42-44-50(54)49(48-59-60(56,57)58-47-46-53(3,4)5)52-51(55)45-43-41-39-37-35-33-30-21-19-17-15-13-11-9-7-2/h9,11,15,17,21,30,42,44,49-50,54H,6-8,10,12-14,16,18-20,22-29,31-41,43,45-48H2,1-5H3,(H-,52,55,56,57)/b11-9-,17-15-,30-21-,44-42+. The SMILES string of the molecule is CC/C=C\C/C=C\C/C=C\CCCCCCCC(=O)NC(COP(=O)([O-])OCC[N+](C)(C)C)C(O)/C=C/CCCCCCCCCCCCCCCCCCCCCCC. The van der Waals surface area contributed by atoms with Gasteiger partial charge in [-0.2, -0.15) is 0 Å². The number of allylic oxidation sites excluding steroid dienone is 7. The van der Waals surface area contributed by atoms with Gasteiger partial charge in [0.05, 0.1) is 39.9 Å². The lowest BCUT2D eigenvalue weighted by molar-refractivity contribution is -0.870. The molecule has 0 rings (SSSR count). The van der Waals surface area contributed by atoms with E-state index in [1.54, 1.807) is 6.08 Å². The first-order valence-corrected chi connectivity index (χ1v) is 26.5. The fourth-order valence-electron chi connectivity index (χ4n) is 7.11. The molecule has 0 saturated heterocycles. The van der Waals surface area contributed by atoms with Crippen molar-refractivity contribution in [2.45, 2.75) is 231 Å². The van der Waals surface area contributed by atoms with Crippen LogP contribution in [0.4, 0.5) is 0 Å². The molecule has 9 heteroatoms. The molecule has 0 aliphatic heterocycles. The summed E-state index contributed by atoms with van der Waals surface area (Å²) >= 11 is 0. The molecule has 0 aromatic heterocycles. The lowest BCUT2D eigenvalue weighted by atomic mass is 10.0. The smallest absolute Gasteiger partial charge is 0.268 e. The molecule has 0 radical (unpaired) electrons. The Morgan fingerprint density at radius 3 is 1.48 bits per heavy atom. The van der Waals surface area contributed by atoms with E-state index in [9.17, 15) is 19.4 Å². The van der Waals surface area contributed by atoms with Gasteiger partial charge in [-0.3, -0.25) is 9.36 Å². The monoisotopic (exact) mass is 865 g/mol. The molecule has 1 amide bonds. The Kier molecular flexibility index (Phi) is 41.6. The first-order chi connectivity index (χ1) is 29.0. The summed E-state index contributed by atoms with van der Waals surface area (Å²) in [5, 5.41) is 13.8. The van der Waals surface area contributed by atoms with Gasteiger partial charge < -0.3 is 28.8 Å². The average molecular weight is 865 g/mol. The van der Waals surface area contributed by atoms with Crippen molar-refractivity contribution in [3.63, 3.8) is 0 Å². The van der Waals surface area contributed by atoms with E-state index in [0.717, 1.165) is 77.0 Å². The number of likely N-dealkylation sites (N-methyl/N-ethyl adjacent to an activating group) is 1. The van der Waals surface area contributed by atoms with E-state index in [1.807, 2.05) is 27.2 Å².